The Morgan fingerprint density at radius 1 is 1.33 bits per heavy atom. The zero-order valence-electron chi connectivity index (χ0n) is 11.8. The first kappa shape index (κ1) is 13.7. The number of rotatable bonds is 1. The van der Waals surface area contributed by atoms with Gasteiger partial charge >= 0.3 is 0 Å². The molecule has 100 valence electrons. The van der Waals surface area contributed by atoms with Crippen LogP contribution < -0.4 is 10.2 Å². The quantitative estimate of drug-likeness (QED) is 0.837. The van der Waals surface area contributed by atoms with Gasteiger partial charge in [0.05, 0.1) is 0 Å². The second kappa shape index (κ2) is 5.10. The maximum Gasteiger partial charge on any atom is 0.0410 e. The summed E-state index contributed by atoms with van der Waals surface area (Å²) < 4.78 is 0. The smallest absolute Gasteiger partial charge is 0.0410 e. The molecule has 2 rings (SSSR count). The summed E-state index contributed by atoms with van der Waals surface area (Å²) in [5.41, 5.74) is 2.87. The molecular formula is C15H23ClN2. The van der Waals surface area contributed by atoms with E-state index in [-0.39, 0.29) is 0 Å². The number of halogens is 1. The minimum atomic E-state index is 0.291. The van der Waals surface area contributed by atoms with E-state index in [4.69, 9.17) is 11.6 Å². The number of hydrogen-bond donors (Lipinski definition) is 1. The Kier molecular flexibility index (Phi) is 3.88. The average Bonchev–Trinajstić information content (AvgIpc) is 2.28. The number of nitrogens with zero attached hydrogens (tertiary/aromatic N) is 1. The van der Waals surface area contributed by atoms with Gasteiger partial charge in [0.2, 0.25) is 0 Å². The predicted molar refractivity (Wildman–Crippen MR) is 79.6 cm³/mol. The molecule has 1 atom stereocenters. The molecule has 1 aliphatic rings. The monoisotopic (exact) mass is 266 g/mol. The summed E-state index contributed by atoms with van der Waals surface area (Å²) in [7, 11) is 0. The Bertz CT molecular complexity index is 423. The van der Waals surface area contributed by atoms with E-state index in [1.54, 1.807) is 0 Å². The van der Waals surface area contributed by atoms with Gasteiger partial charge in [0.1, 0.15) is 0 Å². The highest BCUT2D eigenvalue weighted by Crippen LogP contribution is 2.28. The van der Waals surface area contributed by atoms with Gasteiger partial charge in [-0.2, -0.15) is 0 Å². The van der Waals surface area contributed by atoms with Crippen LogP contribution in [0.25, 0.3) is 0 Å². The Morgan fingerprint density at radius 2 is 2.06 bits per heavy atom. The van der Waals surface area contributed by atoms with E-state index in [9.17, 15) is 0 Å². The Hall–Kier alpha value is -0.730. The molecule has 1 fully saturated rings. The summed E-state index contributed by atoms with van der Waals surface area (Å²) in [6.07, 6.45) is 0. The van der Waals surface area contributed by atoms with Crippen molar-refractivity contribution in [3.05, 3.63) is 28.8 Å². The third-order valence-corrected chi connectivity index (χ3v) is 3.96. The first-order chi connectivity index (χ1) is 8.38. The lowest BCUT2D eigenvalue weighted by molar-refractivity contribution is 0.254. The van der Waals surface area contributed by atoms with Crippen LogP contribution in [0, 0.1) is 12.3 Å². The molecule has 2 nitrogen and oxygen atoms in total. The fourth-order valence-corrected chi connectivity index (χ4v) is 2.75. The molecule has 3 heteroatoms. The van der Waals surface area contributed by atoms with Crippen molar-refractivity contribution < 1.29 is 0 Å². The zero-order chi connectivity index (χ0) is 13.3. The van der Waals surface area contributed by atoms with Gasteiger partial charge in [-0.25, -0.2) is 0 Å². The first-order valence-electron chi connectivity index (χ1n) is 6.62. The molecule has 0 bridgehead atoms. The minimum Gasteiger partial charge on any atom is -0.368 e. The Morgan fingerprint density at radius 3 is 2.67 bits per heavy atom. The summed E-state index contributed by atoms with van der Waals surface area (Å²) in [5.74, 6) is 0. The van der Waals surface area contributed by atoms with Crippen molar-refractivity contribution in [1.82, 2.24) is 5.32 Å². The number of nitrogens with one attached hydrogen (secondary N) is 1. The largest absolute Gasteiger partial charge is 0.368 e. The van der Waals surface area contributed by atoms with Crippen LogP contribution in [0.1, 0.15) is 26.3 Å². The Balaban J connectivity index is 2.18. The second-order valence-corrected chi connectivity index (χ2v) is 6.69. The summed E-state index contributed by atoms with van der Waals surface area (Å²) >= 11 is 6.03. The third-order valence-electron chi connectivity index (χ3n) is 3.72. The summed E-state index contributed by atoms with van der Waals surface area (Å²) in [5, 5.41) is 4.44. The highest BCUT2D eigenvalue weighted by atomic mass is 35.5. The van der Waals surface area contributed by atoms with E-state index in [1.165, 1.54) is 11.3 Å². The van der Waals surface area contributed by atoms with Crippen molar-refractivity contribution in [2.45, 2.75) is 33.7 Å². The molecule has 0 saturated carbocycles. The van der Waals surface area contributed by atoms with E-state index in [2.05, 4.69) is 44.0 Å². The van der Waals surface area contributed by atoms with Crippen molar-refractivity contribution in [2.24, 2.45) is 5.41 Å². The van der Waals surface area contributed by atoms with Crippen molar-refractivity contribution in [2.75, 3.05) is 24.5 Å². The number of aryl methyl sites for hydroxylation is 1. The van der Waals surface area contributed by atoms with Gasteiger partial charge < -0.3 is 10.2 Å². The molecule has 1 saturated heterocycles. The molecule has 1 heterocycles. The van der Waals surface area contributed by atoms with Crippen molar-refractivity contribution in [1.29, 1.82) is 0 Å². The van der Waals surface area contributed by atoms with E-state index >= 15 is 0 Å². The van der Waals surface area contributed by atoms with Crippen LogP contribution in [0.3, 0.4) is 0 Å². The summed E-state index contributed by atoms with van der Waals surface area (Å²) in [6, 6.07) is 6.70. The summed E-state index contributed by atoms with van der Waals surface area (Å²) in [4.78, 5) is 2.47. The van der Waals surface area contributed by atoms with Crippen molar-refractivity contribution in [3.63, 3.8) is 0 Å². The lowest BCUT2D eigenvalue weighted by Crippen LogP contribution is -2.56. The second-order valence-electron chi connectivity index (χ2n) is 6.25. The van der Waals surface area contributed by atoms with Gasteiger partial charge in [-0.1, -0.05) is 32.4 Å². The van der Waals surface area contributed by atoms with E-state index in [0.717, 1.165) is 24.7 Å². The highest BCUT2D eigenvalue weighted by Gasteiger charge is 2.29. The van der Waals surface area contributed by atoms with Crippen LogP contribution in [-0.4, -0.2) is 25.7 Å². The SMILES string of the molecule is Cc1cc(Cl)ccc1N1CCNC(C(C)(C)C)C1. The van der Waals surface area contributed by atoms with Crippen LogP contribution in [0.2, 0.25) is 5.02 Å². The molecule has 0 radical (unpaired) electrons. The maximum absolute atomic E-state index is 6.03. The number of benzene rings is 1. The standard InChI is InChI=1S/C15H23ClN2/c1-11-9-12(16)5-6-13(11)18-8-7-17-14(10-18)15(2,3)4/h5-6,9,14,17H,7-8,10H2,1-4H3. The van der Waals surface area contributed by atoms with Crippen LogP contribution in [0.15, 0.2) is 18.2 Å². The van der Waals surface area contributed by atoms with E-state index in [1.807, 2.05) is 12.1 Å². The van der Waals surface area contributed by atoms with Crippen LogP contribution in [-0.2, 0) is 0 Å². The lowest BCUT2D eigenvalue weighted by atomic mass is 9.85. The van der Waals surface area contributed by atoms with E-state index in [0.29, 0.717) is 11.5 Å². The molecule has 1 unspecified atom stereocenters. The number of hydrogen-bond acceptors (Lipinski definition) is 2. The minimum absolute atomic E-state index is 0.291. The molecule has 0 aliphatic carbocycles. The lowest BCUT2D eigenvalue weighted by Gasteiger charge is -2.42. The predicted octanol–water partition coefficient (Wildman–Crippen LogP) is 3.47. The van der Waals surface area contributed by atoms with Crippen molar-refractivity contribution >= 4 is 17.3 Å². The molecular weight excluding hydrogens is 244 g/mol. The van der Waals surface area contributed by atoms with Gasteiger partial charge in [0.15, 0.2) is 0 Å². The third kappa shape index (κ3) is 2.99. The molecule has 0 spiro atoms. The molecule has 1 N–H and O–H groups in total. The topological polar surface area (TPSA) is 15.3 Å². The van der Waals surface area contributed by atoms with Crippen LogP contribution in [0.4, 0.5) is 5.69 Å². The fourth-order valence-electron chi connectivity index (χ4n) is 2.52. The number of anilines is 1. The molecule has 0 aromatic heterocycles. The van der Waals surface area contributed by atoms with Gasteiger partial charge in [0.25, 0.3) is 0 Å². The molecule has 0 amide bonds. The van der Waals surface area contributed by atoms with Crippen LogP contribution >= 0.6 is 11.6 Å². The van der Waals surface area contributed by atoms with E-state index < -0.39 is 0 Å². The molecule has 1 aromatic rings. The molecule has 1 aromatic carbocycles. The van der Waals surface area contributed by atoms with Gasteiger partial charge in [-0.15, -0.1) is 0 Å². The van der Waals surface area contributed by atoms with Gasteiger partial charge in [-0.05, 0) is 36.1 Å². The maximum atomic E-state index is 6.03. The van der Waals surface area contributed by atoms with Gasteiger partial charge in [-0.3, -0.25) is 0 Å². The van der Waals surface area contributed by atoms with Crippen LogP contribution in [0.5, 0.6) is 0 Å². The van der Waals surface area contributed by atoms with Crippen molar-refractivity contribution in [3.8, 4) is 0 Å². The highest BCUT2D eigenvalue weighted by molar-refractivity contribution is 6.30. The summed E-state index contributed by atoms with van der Waals surface area (Å²) in [6.45, 7) is 12.2. The normalized spacial score (nSPS) is 21.2. The molecule has 1 aliphatic heterocycles. The average molecular weight is 267 g/mol. The number of piperazine rings is 1. The first-order valence-corrected chi connectivity index (χ1v) is 7.00. The Labute approximate surface area is 115 Å². The zero-order valence-corrected chi connectivity index (χ0v) is 12.5. The van der Waals surface area contributed by atoms with Gasteiger partial charge in [0, 0.05) is 36.4 Å². The fraction of sp³-hybridized carbons (Fsp3) is 0.600. The molecule has 18 heavy (non-hydrogen) atoms.